The summed E-state index contributed by atoms with van der Waals surface area (Å²) < 4.78 is 16.2. The first-order chi connectivity index (χ1) is 8.26. The van der Waals surface area contributed by atoms with Gasteiger partial charge in [-0.25, -0.2) is 0 Å². The van der Waals surface area contributed by atoms with Gasteiger partial charge in [-0.05, 0) is 24.6 Å². The molecule has 17 heavy (non-hydrogen) atoms. The summed E-state index contributed by atoms with van der Waals surface area (Å²) in [7, 11) is 3.29. The summed E-state index contributed by atoms with van der Waals surface area (Å²) >= 11 is 0. The lowest BCUT2D eigenvalue weighted by Crippen LogP contribution is -2.40. The normalized spacial score (nSPS) is 24.4. The second kappa shape index (κ2) is 5.38. The van der Waals surface area contributed by atoms with Crippen molar-refractivity contribution in [1.82, 2.24) is 5.32 Å². The Morgan fingerprint density at radius 3 is 2.65 bits per heavy atom. The van der Waals surface area contributed by atoms with E-state index in [4.69, 9.17) is 14.2 Å². The van der Waals surface area contributed by atoms with E-state index in [0.29, 0.717) is 0 Å². The first kappa shape index (κ1) is 12.2. The Hall–Kier alpha value is -1.26. The van der Waals surface area contributed by atoms with Crippen LogP contribution < -0.4 is 14.8 Å². The highest BCUT2D eigenvalue weighted by Crippen LogP contribution is 2.31. The van der Waals surface area contributed by atoms with E-state index >= 15 is 0 Å². The second-order valence-electron chi connectivity index (χ2n) is 4.12. The van der Waals surface area contributed by atoms with Crippen LogP contribution in [0.1, 0.15) is 18.5 Å². The van der Waals surface area contributed by atoms with E-state index in [2.05, 4.69) is 12.2 Å². The number of hydrogen-bond donors (Lipinski definition) is 1. The Balaban J connectivity index is 2.25. The van der Waals surface area contributed by atoms with Crippen LogP contribution in [-0.4, -0.2) is 33.5 Å². The molecule has 0 radical (unpaired) electrons. The summed E-state index contributed by atoms with van der Waals surface area (Å²) in [5.74, 6) is 1.50. The molecule has 2 atom stereocenters. The second-order valence-corrected chi connectivity index (χ2v) is 4.12. The molecule has 1 aromatic carbocycles. The molecule has 94 valence electrons. The van der Waals surface area contributed by atoms with Crippen LogP contribution in [0, 0.1) is 0 Å². The fourth-order valence-corrected chi connectivity index (χ4v) is 2.16. The molecule has 0 aliphatic carbocycles. The Morgan fingerprint density at radius 1 is 1.24 bits per heavy atom. The first-order valence-corrected chi connectivity index (χ1v) is 5.83. The summed E-state index contributed by atoms with van der Waals surface area (Å²) in [6.07, 6.45) is 0.168. The van der Waals surface area contributed by atoms with Crippen LogP contribution in [0.3, 0.4) is 0 Å². The molecule has 0 saturated carbocycles. The van der Waals surface area contributed by atoms with Gasteiger partial charge in [0.25, 0.3) is 0 Å². The average Bonchev–Trinajstić information content (AvgIpc) is 2.38. The van der Waals surface area contributed by atoms with Gasteiger partial charge in [0.2, 0.25) is 0 Å². The molecule has 1 saturated heterocycles. The van der Waals surface area contributed by atoms with E-state index in [1.165, 1.54) is 0 Å². The highest BCUT2D eigenvalue weighted by atomic mass is 16.5. The zero-order chi connectivity index (χ0) is 12.3. The summed E-state index contributed by atoms with van der Waals surface area (Å²) in [5, 5.41) is 3.45. The minimum absolute atomic E-state index is 0.168. The van der Waals surface area contributed by atoms with Gasteiger partial charge in [0.1, 0.15) is 0 Å². The topological polar surface area (TPSA) is 39.7 Å². The maximum atomic E-state index is 5.64. The molecule has 0 amide bonds. The molecule has 1 aromatic rings. The highest BCUT2D eigenvalue weighted by Gasteiger charge is 2.23. The molecule has 4 nitrogen and oxygen atoms in total. The van der Waals surface area contributed by atoms with E-state index in [-0.39, 0.29) is 12.1 Å². The van der Waals surface area contributed by atoms with Gasteiger partial charge >= 0.3 is 0 Å². The standard InChI is InChI=1S/C13H19NO3/c1-9-13(14-6-7-17-9)10-4-5-11(15-2)12(8-10)16-3/h4-5,8-9,13-14H,6-7H2,1-3H3. The van der Waals surface area contributed by atoms with E-state index < -0.39 is 0 Å². The van der Waals surface area contributed by atoms with Crippen LogP contribution in [0.5, 0.6) is 11.5 Å². The van der Waals surface area contributed by atoms with Gasteiger partial charge in [0.05, 0.1) is 33.0 Å². The van der Waals surface area contributed by atoms with E-state index in [9.17, 15) is 0 Å². The maximum Gasteiger partial charge on any atom is 0.161 e. The molecule has 4 heteroatoms. The van der Waals surface area contributed by atoms with Gasteiger partial charge < -0.3 is 19.5 Å². The molecule has 0 bridgehead atoms. The van der Waals surface area contributed by atoms with Gasteiger partial charge in [-0.2, -0.15) is 0 Å². The first-order valence-electron chi connectivity index (χ1n) is 5.83. The van der Waals surface area contributed by atoms with Gasteiger partial charge in [-0.1, -0.05) is 6.07 Å². The quantitative estimate of drug-likeness (QED) is 0.869. The lowest BCUT2D eigenvalue weighted by Gasteiger charge is -2.31. The lowest BCUT2D eigenvalue weighted by molar-refractivity contribution is 0.00750. The monoisotopic (exact) mass is 237 g/mol. The van der Waals surface area contributed by atoms with Gasteiger partial charge in [-0.3, -0.25) is 0 Å². The molecule has 1 fully saturated rings. The number of morpholine rings is 1. The van der Waals surface area contributed by atoms with Crippen LogP contribution in [-0.2, 0) is 4.74 Å². The van der Waals surface area contributed by atoms with Gasteiger partial charge in [-0.15, -0.1) is 0 Å². The summed E-state index contributed by atoms with van der Waals surface area (Å²) in [6.45, 7) is 3.72. The largest absolute Gasteiger partial charge is 0.493 e. The number of rotatable bonds is 3. The highest BCUT2D eigenvalue weighted by molar-refractivity contribution is 5.44. The smallest absolute Gasteiger partial charge is 0.161 e. The van der Waals surface area contributed by atoms with Crippen molar-refractivity contribution in [1.29, 1.82) is 0 Å². The third-order valence-electron chi connectivity index (χ3n) is 3.08. The number of methoxy groups -OCH3 is 2. The molecule has 1 aliphatic heterocycles. The van der Waals surface area contributed by atoms with E-state index in [0.717, 1.165) is 30.2 Å². The van der Waals surface area contributed by atoms with Crippen LogP contribution in [0.2, 0.25) is 0 Å². The fraction of sp³-hybridized carbons (Fsp3) is 0.538. The van der Waals surface area contributed by atoms with Crippen molar-refractivity contribution in [3.63, 3.8) is 0 Å². The minimum Gasteiger partial charge on any atom is -0.493 e. The van der Waals surface area contributed by atoms with Crippen molar-refractivity contribution in [3.8, 4) is 11.5 Å². The molecule has 2 unspecified atom stereocenters. The zero-order valence-electron chi connectivity index (χ0n) is 10.5. The lowest BCUT2D eigenvalue weighted by atomic mass is 10.0. The Labute approximate surface area is 102 Å². The van der Waals surface area contributed by atoms with E-state index in [1.54, 1.807) is 14.2 Å². The number of ether oxygens (including phenoxy) is 3. The van der Waals surface area contributed by atoms with Crippen LogP contribution in [0.25, 0.3) is 0 Å². The molecule has 0 spiro atoms. The molecule has 1 N–H and O–H groups in total. The maximum absolute atomic E-state index is 5.64. The molecular formula is C13H19NO3. The Kier molecular flexibility index (Phi) is 3.86. The van der Waals surface area contributed by atoms with Gasteiger partial charge in [0.15, 0.2) is 11.5 Å². The molecule has 2 rings (SSSR count). The van der Waals surface area contributed by atoms with Crippen molar-refractivity contribution in [3.05, 3.63) is 23.8 Å². The third kappa shape index (κ3) is 2.53. The van der Waals surface area contributed by atoms with Crippen molar-refractivity contribution < 1.29 is 14.2 Å². The van der Waals surface area contributed by atoms with Gasteiger partial charge in [0, 0.05) is 6.54 Å². The molecule has 1 aliphatic rings. The predicted octanol–water partition coefficient (Wildman–Crippen LogP) is 1.75. The summed E-state index contributed by atoms with van der Waals surface area (Å²) in [5.41, 5.74) is 1.16. The number of benzene rings is 1. The predicted molar refractivity (Wildman–Crippen MR) is 65.7 cm³/mol. The summed E-state index contributed by atoms with van der Waals surface area (Å²) in [4.78, 5) is 0. The molecule has 1 heterocycles. The SMILES string of the molecule is COc1ccc(C2NCCOC2C)cc1OC. The summed E-state index contributed by atoms with van der Waals surface area (Å²) in [6, 6.07) is 6.19. The fourth-order valence-electron chi connectivity index (χ4n) is 2.16. The Bertz CT molecular complexity index is 381. The average molecular weight is 237 g/mol. The van der Waals surface area contributed by atoms with Crippen molar-refractivity contribution in [2.75, 3.05) is 27.4 Å². The van der Waals surface area contributed by atoms with Crippen LogP contribution in [0.4, 0.5) is 0 Å². The van der Waals surface area contributed by atoms with Crippen molar-refractivity contribution in [2.45, 2.75) is 19.1 Å². The zero-order valence-corrected chi connectivity index (χ0v) is 10.5. The molecular weight excluding hydrogens is 218 g/mol. The minimum atomic E-state index is 0.168. The van der Waals surface area contributed by atoms with Crippen LogP contribution in [0.15, 0.2) is 18.2 Å². The Morgan fingerprint density at radius 2 is 2.00 bits per heavy atom. The van der Waals surface area contributed by atoms with Crippen molar-refractivity contribution in [2.24, 2.45) is 0 Å². The number of nitrogens with one attached hydrogen (secondary N) is 1. The van der Waals surface area contributed by atoms with Crippen molar-refractivity contribution >= 4 is 0 Å². The molecule has 0 aromatic heterocycles. The number of hydrogen-bond acceptors (Lipinski definition) is 4. The third-order valence-corrected chi connectivity index (χ3v) is 3.08. The van der Waals surface area contributed by atoms with Crippen LogP contribution >= 0.6 is 0 Å². The van der Waals surface area contributed by atoms with E-state index in [1.807, 2.05) is 18.2 Å².